The van der Waals surface area contributed by atoms with Gasteiger partial charge in [0.05, 0.1) is 0 Å². The van der Waals surface area contributed by atoms with Gasteiger partial charge in [-0.2, -0.15) is 0 Å². The molecule has 3 heteroatoms. The predicted octanol–water partition coefficient (Wildman–Crippen LogP) is 3.67. The van der Waals surface area contributed by atoms with E-state index in [-0.39, 0.29) is 11.9 Å². The number of rotatable bonds is 4. The highest BCUT2D eigenvalue weighted by atomic mass is 16.2. The second-order valence-corrected chi connectivity index (χ2v) is 5.64. The molecule has 0 fully saturated rings. The molecule has 3 nitrogen and oxygen atoms in total. The van der Waals surface area contributed by atoms with E-state index >= 15 is 0 Å². The van der Waals surface area contributed by atoms with Gasteiger partial charge in [0.25, 0.3) is 5.91 Å². The summed E-state index contributed by atoms with van der Waals surface area (Å²) in [7, 11) is 1.89. The minimum Gasteiger partial charge on any atom is -0.361 e. The standard InChI is InChI=1S/C16H22N2O/c1-11(2)10-12(3)18(4)16(19)14-6-5-7-15-13(14)8-9-17-15/h5-9,11-12,17H,10H2,1-4H3. The van der Waals surface area contributed by atoms with E-state index in [4.69, 9.17) is 0 Å². The zero-order chi connectivity index (χ0) is 14.0. The number of benzene rings is 1. The normalized spacial score (nSPS) is 12.9. The van der Waals surface area contributed by atoms with Crippen molar-refractivity contribution in [2.24, 2.45) is 5.92 Å². The van der Waals surface area contributed by atoms with Crippen LogP contribution >= 0.6 is 0 Å². The van der Waals surface area contributed by atoms with Gasteiger partial charge in [-0.25, -0.2) is 0 Å². The van der Waals surface area contributed by atoms with Crippen molar-refractivity contribution < 1.29 is 4.79 Å². The maximum absolute atomic E-state index is 12.6. The van der Waals surface area contributed by atoms with Gasteiger partial charge in [0, 0.05) is 35.8 Å². The van der Waals surface area contributed by atoms with Crippen molar-refractivity contribution in [3.63, 3.8) is 0 Å². The third kappa shape index (κ3) is 2.80. The van der Waals surface area contributed by atoms with Crippen LogP contribution in [0.3, 0.4) is 0 Å². The molecule has 1 unspecified atom stereocenters. The van der Waals surface area contributed by atoms with Gasteiger partial charge in [0.1, 0.15) is 0 Å². The Bertz CT molecular complexity index is 571. The van der Waals surface area contributed by atoms with E-state index in [1.54, 1.807) is 0 Å². The summed E-state index contributed by atoms with van der Waals surface area (Å²) in [5.41, 5.74) is 1.78. The fourth-order valence-electron chi connectivity index (χ4n) is 2.50. The number of carbonyl (C=O) groups excluding carboxylic acids is 1. The Morgan fingerprint density at radius 2 is 2.00 bits per heavy atom. The van der Waals surface area contributed by atoms with Crippen LogP contribution in [0.2, 0.25) is 0 Å². The summed E-state index contributed by atoms with van der Waals surface area (Å²) >= 11 is 0. The summed E-state index contributed by atoms with van der Waals surface area (Å²) in [4.78, 5) is 17.6. The molecule has 0 spiro atoms. The lowest BCUT2D eigenvalue weighted by Crippen LogP contribution is -2.35. The van der Waals surface area contributed by atoms with E-state index in [2.05, 4.69) is 25.8 Å². The third-order valence-corrected chi connectivity index (χ3v) is 3.62. The summed E-state index contributed by atoms with van der Waals surface area (Å²) in [5, 5.41) is 0.996. The number of hydrogen-bond acceptors (Lipinski definition) is 1. The lowest BCUT2D eigenvalue weighted by molar-refractivity contribution is 0.0730. The third-order valence-electron chi connectivity index (χ3n) is 3.62. The molecule has 0 saturated heterocycles. The van der Waals surface area contributed by atoms with Crippen molar-refractivity contribution in [2.75, 3.05) is 7.05 Å². The van der Waals surface area contributed by atoms with Crippen LogP contribution in [0.15, 0.2) is 30.5 Å². The lowest BCUT2D eigenvalue weighted by atomic mass is 10.0. The van der Waals surface area contributed by atoms with Gasteiger partial charge < -0.3 is 9.88 Å². The van der Waals surface area contributed by atoms with Gasteiger partial charge in [-0.05, 0) is 37.5 Å². The summed E-state index contributed by atoms with van der Waals surface area (Å²) < 4.78 is 0. The molecule has 102 valence electrons. The van der Waals surface area contributed by atoms with Gasteiger partial charge in [-0.15, -0.1) is 0 Å². The Kier molecular flexibility index (Phi) is 3.93. The Balaban J connectivity index is 2.26. The zero-order valence-electron chi connectivity index (χ0n) is 12.1. The first-order valence-electron chi connectivity index (χ1n) is 6.84. The molecule has 2 rings (SSSR count). The average Bonchev–Trinajstić information content (AvgIpc) is 2.84. The van der Waals surface area contributed by atoms with Crippen molar-refractivity contribution in [1.29, 1.82) is 0 Å². The van der Waals surface area contributed by atoms with Crippen molar-refractivity contribution >= 4 is 16.8 Å². The Labute approximate surface area is 114 Å². The van der Waals surface area contributed by atoms with Crippen LogP contribution in [0.1, 0.15) is 37.6 Å². The minimum atomic E-state index is 0.0957. The van der Waals surface area contributed by atoms with Crippen molar-refractivity contribution in [2.45, 2.75) is 33.2 Å². The van der Waals surface area contributed by atoms with Gasteiger partial charge in [0.15, 0.2) is 0 Å². The topological polar surface area (TPSA) is 36.1 Å². The molecule has 1 N–H and O–H groups in total. The van der Waals surface area contributed by atoms with Crippen molar-refractivity contribution in [3.05, 3.63) is 36.0 Å². The molecule has 2 aromatic rings. The first-order chi connectivity index (χ1) is 9.00. The molecule has 0 bridgehead atoms. The molecule has 0 saturated carbocycles. The summed E-state index contributed by atoms with van der Waals surface area (Å²) in [5.74, 6) is 0.687. The van der Waals surface area contributed by atoms with Crippen molar-refractivity contribution in [3.8, 4) is 0 Å². The maximum Gasteiger partial charge on any atom is 0.254 e. The number of aromatic amines is 1. The molecule has 0 aliphatic carbocycles. The highest BCUT2D eigenvalue weighted by molar-refractivity contribution is 6.06. The van der Waals surface area contributed by atoms with E-state index in [1.165, 1.54) is 0 Å². The van der Waals surface area contributed by atoms with Crippen molar-refractivity contribution in [1.82, 2.24) is 9.88 Å². The van der Waals surface area contributed by atoms with Gasteiger partial charge in [-0.3, -0.25) is 4.79 Å². The van der Waals surface area contributed by atoms with Crippen LogP contribution in [0.5, 0.6) is 0 Å². The summed E-state index contributed by atoms with van der Waals surface area (Å²) in [6, 6.07) is 8.03. The highest BCUT2D eigenvalue weighted by Crippen LogP contribution is 2.20. The predicted molar refractivity (Wildman–Crippen MR) is 79.3 cm³/mol. The highest BCUT2D eigenvalue weighted by Gasteiger charge is 2.20. The van der Waals surface area contributed by atoms with Crippen LogP contribution in [0.4, 0.5) is 0 Å². The van der Waals surface area contributed by atoms with Gasteiger partial charge in [-0.1, -0.05) is 19.9 Å². The van der Waals surface area contributed by atoms with E-state index in [9.17, 15) is 4.79 Å². The smallest absolute Gasteiger partial charge is 0.254 e. The van der Waals surface area contributed by atoms with E-state index in [0.717, 1.165) is 22.9 Å². The van der Waals surface area contributed by atoms with Crippen LogP contribution < -0.4 is 0 Å². The number of nitrogens with one attached hydrogen (secondary N) is 1. The molecule has 19 heavy (non-hydrogen) atoms. The number of hydrogen-bond donors (Lipinski definition) is 1. The Morgan fingerprint density at radius 3 is 2.68 bits per heavy atom. The number of nitrogens with zero attached hydrogens (tertiary/aromatic N) is 1. The maximum atomic E-state index is 12.6. The molecule has 0 radical (unpaired) electrons. The largest absolute Gasteiger partial charge is 0.361 e. The van der Waals surface area contributed by atoms with E-state index in [1.807, 2.05) is 42.4 Å². The number of aromatic nitrogens is 1. The fraction of sp³-hybridized carbons (Fsp3) is 0.438. The fourth-order valence-corrected chi connectivity index (χ4v) is 2.50. The average molecular weight is 258 g/mol. The number of amides is 1. The molecular formula is C16H22N2O. The van der Waals surface area contributed by atoms with Gasteiger partial charge in [0.2, 0.25) is 0 Å². The number of fused-ring (bicyclic) bond motifs is 1. The van der Waals surface area contributed by atoms with Crippen LogP contribution in [0.25, 0.3) is 10.9 Å². The molecule has 0 aliphatic rings. The molecular weight excluding hydrogens is 236 g/mol. The second kappa shape index (κ2) is 5.47. The SMILES string of the molecule is CC(C)CC(C)N(C)C(=O)c1cccc2[nH]ccc12. The quantitative estimate of drug-likeness (QED) is 0.892. The number of H-pyrrole nitrogens is 1. The molecule has 1 amide bonds. The number of carbonyl (C=O) groups is 1. The van der Waals surface area contributed by atoms with Crippen LogP contribution in [-0.2, 0) is 0 Å². The Hall–Kier alpha value is -1.77. The lowest BCUT2D eigenvalue weighted by Gasteiger charge is -2.26. The first-order valence-corrected chi connectivity index (χ1v) is 6.84. The first kappa shape index (κ1) is 13.7. The molecule has 1 aromatic heterocycles. The second-order valence-electron chi connectivity index (χ2n) is 5.64. The molecule has 1 atom stereocenters. The van der Waals surface area contributed by atoms with E-state index in [0.29, 0.717) is 5.92 Å². The van der Waals surface area contributed by atoms with Crippen LogP contribution in [-0.4, -0.2) is 28.9 Å². The molecule has 1 aromatic carbocycles. The monoisotopic (exact) mass is 258 g/mol. The molecule has 0 aliphatic heterocycles. The zero-order valence-corrected chi connectivity index (χ0v) is 12.1. The summed E-state index contributed by atoms with van der Waals surface area (Å²) in [6.45, 7) is 6.47. The van der Waals surface area contributed by atoms with E-state index < -0.39 is 0 Å². The van der Waals surface area contributed by atoms with Gasteiger partial charge >= 0.3 is 0 Å². The summed E-state index contributed by atoms with van der Waals surface area (Å²) in [6.07, 6.45) is 2.89. The molecule has 1 heterocycles. The van der Waals surface area contributed by atoms with Crippen LogP contribution in [0, 0.1) is 5.92 Å². The Morgan fingerprint density at radius 1 is 1.26 bits per heavy atom. The minimum absolute atomic E-state index is 0.0957.